The van der Waals surface area contributed by atoms with Crippen LogP contribution in [0.25, 0.3) is 0 Å². The maximum Gasteiger partial charge on any atom is 0.251 e. The number of carbonyl (C=O) groups is 1. The molecule has 0 aromatic heterocycles. The third-order valence-electron chi connectivity index (χ3n) is 3.66. The van der Waals surface area contributed by atoms with Crippen molar-refractivity contribution < 1.29 is 13.6 Å². The molecule has 0 saturated carbocycles. The Hall–Kier alpha value is -2.23. The van der Waals surface area contributed by atoms with Crippen LogP contribution in [0.4, 0.5) is 8.78 Å². The van der Waals surface area contributed by atoms with Gasteiger partial charge in [-0.05, 0) is 42.8 Å². The average Bonchev–Trinajstić information content (AvgIpc) is 2.65. The summed E-state index contributed by atoms with van der Waals surface area (Å²) >= 11 is 0. The van der Waals surface area contributed by atoms with Crippen LogP contribution in [0.2, 0.25) is 0 Å². The van der Waals surface area contributed by atoms with Gasteiger partial charge in [0.2, 0.25) is 0 Å². The maximum atomic E-state index is 13.7. The summed E-state index contributed by atoms with van der Waals surface area (Å²) in [6.07, 6.45) is 0. The Bertz CT molecular complexity index is 799. The van der Waals surface area contributed by atoms with E-state index in [9.17, 15) is 13.6 Å². The van der Waals surface area contributed by atoms with Crippen LogP contribution >= 0.6 is 24.0 Å². The van der Waals surface area contributed by atoms with Crippen molar-refractivity contribution in [1.29, 1.82) is 0 Å². The summed E-state index contributed by atoms with van der Waals surface area (Å²) in [5.74, 6) is -0.659. The molecule has 0 aliphatic heterocycles. The molecule has 0 spiro atoms. The fourth-order valence-corrected chi connectivity index (χ4v) is 2.35. The van der Waals surface area contributed by atoms with Crippen LogP contribution in [0.3, 0.4) is 0 Å². The van der Waals surface area contributed by atoms with E-state index in [0.29, 0.717) is 24.6 Å². The summed E-state index contributed by atoms with van der Waals surface area (Å²) < 4.78 is 26.9. The number of amides is 1. The summed E-state index contributed by atoms with van der Waals surface area (Å²) in [5.41, 5.74) is 1.69. The molecule has 0 aliphatic rings. The van der Waals surface area contributed by atoms with Crippen molar-refractivity contribution in [3.05, 3.63) is 70.8 Å². The van der Waals surface area contributed by atoms with Crippen LogP contribution < -0.4 is 16.0 Å². The largest absolute Gasteiger partial charge is 0.352 e. The van der Waals surface area contributed by atoms with Gasteiger partial charge in [0.25, 0.3) is 5.91 Å². The summed E-state index contributed by atoms with van der Waals surface area (Å²) in [6, 6.07) is 10.5. The Morgan fingerprint density at radius 3 is 2.48 bits per heavy atom. The van der Waals surface area contributed by atoms with Crippen molar-refractivity contribution >= 4 is 35.8 Å². The van der Waals surface area contributed by atoms with Crippen LogP contribution in [0.15, 0.2) is 47.5 Å². The van der Waals surface area contributed by atoms with Gasteiger partial charge in [-0.15, -0.1) is 24.0 Å². The molecule has 0 aliphatic carbocycles. The van der Waals surface area contributed by atoms with Crippen molar-refractivity contribution in [1.82, 2.24) is 16.0 Å². The van der Waals surface area contributed by atoms with Gasteiger partial charge >= 0.3 is 0 Å². The van der Waals surface area contributed by atoms with Gasteiger partial charge in [0, 0.05) is 37.8 Å². The molecule has 3 N–H and O–H groups in total. The van der Waals surface area contributed by atoms with E-state index in [4.69, 9.17) is 0 Å². The van der Waals surface area contributed by atoms with Crippen molar-refractivity contribution in [2.75, 3.05) is 13.6 Å². The van der Waals surface area contributed by atoms with Crippen LogP contribution in [0, 0.1) is 11.6 Å². The first-order chi connectivity index (χ1) is 12.5. The molecule has 0 saturated heterocycles. The Morgan fingerprint density at radius 2 is 1.78 bits per heavy atom. The lowest BCUT2D eigenvalue weighted by Crippen LogP contribution is -2.36. The smallest absolute Gasteiger partial charge is 0.251 e. The Labute approximate surface area is 174 Å². The lowest BCUT2D eigenvalue weighted by molar-refractivity contribution is 0.0955. The maximum absolute atomic E-state index is 13.7. The SMILES string of the molecule is CCNC(=O)c1cccc(CNC(=NC)NCc2cc(F)ccc2F)c1.I. The fourth-order valence-electron chi connectivity index (χ4n) is 2.35. The second kappa shape index (κ2) is 11.5. The van der Waals surface area contributed by atoms with Gasteiger partial charge in [-0.2, -0.15) is 0 Å². The minimum Gasteiger partial charge on any atom is -0.352 e. The molecule has 1 amide bonds. The zero-order valence-corrected chi connectivity index (χ0v) is 17.5. The van der Waals surface area contributed by atoms with E-state index in [1.807, 2.05) is 13.0 Å². The number of halogens is 3. The number of benzene rings is 2. The van der Waals surface area contributed by atoms with E-state index in [-0.39, 0.29) is 42.0 Å². The number of nitrogens with one attached hydrogen (secondary N) is 3. The summed E-state index contributed by atoms with van der Waals surface area (Å²) in [6.45, 7) is 2.95. The fraction of sp³-hybridized carbons (Fsp3) is 0.263. The van der Waals surface area contributed by atoms with Crippen molar-refractivity contribution in [2.45, 2.75) is 20.0 Å². The zero-order valence-electron chi connectivity index (χ0n) is 15.2. The van der Waals surface area contributed by atoms with E-state index in [1.165, 1.54) is 0 Å². The number of carbonyl (C=O) groups excluding carboxylic acids is 1. The molecule has 2 aromatic carbocycles. The molecule has 0 atom stereocenters. The Balaban J connectivity index is 0.00000364. The molecular formula is C19H23F2IN4O. The number of rotatable bonds is 6. The van der Waals surface area contributed by atoms with Gasteiger partial charge in [0.05, 0.1) is 0 Å². The molecule has 146 valence electrons. The topological polar surface area (TPSA) is 65.5 Å². The summed E-state index contributed by atoms with van der Waals surface area (Å²) in [5, 5.41) is 8.77. The molecule has 0 bridgehead atoms. The van der Waals surface area contributed by atoms with E-state index in [2.05, 4.69) is 20.9 Å². The highest BCUT2D eigenvalue weighted by Gasteiger charge is 2.07. The quantitative estimate of drug-likeness (QED) is 0.333. The van der Waals surface area contributed by atoms with Crippen molar-refractivity contribution in [3.63, 3.8) is 0 Å². The van der Waals surface area contributed by atoms with Gasteiger partial charge in [-0.25, -0.2) is 8.78 Å². The third-order valence-corrected chi connectivity index (χ3v) is 3.66. The number of nitrogens with zero attached hydrogens (tertiary/aromatic N) is 1. The van der Waals surface area contributed by atoms with E-state index < -0.39 is 11.6 Å². The second-order valence-corrected chi connectivity index (χ2v) is 5.57. The van der Waals surface area contributed by atoms with E-state index in [0.717, 1.165) is 23.8 Å². The summed E-state index contributed by atoms with van der Waals surface area (Å²) in [7, 11) is 1.59. The lowest BCUT2D eigenvalue weighted by Gasteiger charge is -2.13. The van der Waals surface area contributed by atoms with Crippen LogP contribution in [-0.4, -0.2) is 25.5 Å². The summed E-state index contributed by atoms with van der Waals surface area (Å²) in [4.78, 5) is 15.9. The van der Waals surface area contributed by atoms with Crippen LogP contribution in [0.5, 0.6) is 0 Å². The van der Waals surface area contributed by atoms with Crippen LogP contribution in [-0.2, 0) is 13.1 Å². The number of guanidine groups is 1. The molecular weight excluding hydrogens is 465 g/mol. The first-order valence-corrected chi connectivity index (χ1v) is 8.29. The first-order valence-electron chi connectivity index (χ1n) is 8.29. The van der Waals surface area contributed by atoms with Crippen LogP contribution in [0.1, 0.15) is 28.4 Å². The highest BCUT2D eigenvalue weighted by Crippen LogP contribution is 2.09. The van der Waals surface area contributed by atoms with Gasteiger partial charge in [-0.1, -0.05) is 12.1 Å². The highest BCUT2D eigenvalue weighted by atomic mass is 127. The second-order valence-electron chi connectivity index (χ2n) is 5.57. The van der Waals surface area contributed by atoms with Gasteiger partial charge in [-0.3, -0.25) is 9.79 Å². The molecule has 0 radical (unpaired) electrons. The van der Waals surface area contributed by atoms with Crippen molar-refractivity contribution in [3.8, 4) is 0 Å². The standard InChI is InChI=1S/C19H22F2N4O.HI/c1-3-23-18(26)14-6-4-5-13(9-14)11-24-19(22-2)25-12-15-10-16(20)7-8-17(15)21;/h4-10H,3,11-12H2,1-2H3,(H,23,26)(H2,22,24,25);1H. The Morgan fingerprint density at radius 1 is 1.04 bits per heavy atom. The minimum atomic E-state index is -0.492. The molecule has 0 unspecified atom stereocenters. The van der Waals surface area contributed by atoms with Gasteiger partial charge in [0.1, 0.15) is 11.6 Å². The molecule has 27 heavy (non-hydrogen) atoms. The van der Waals surface area contributed by atoms with Crippen molar-refractivity contribution in [2.24, 2.45) is 4.99 Å². The average molecular weight is 488 g/mol. The minimum absolute atomic E-state index is 0. The van der Waals surface area contributed by atoms with Gasteiger partial charge < -0.3 is 16.0 Å². The van der Waals surface area contributed by atoms with E-state index >= 15 is 0 Å². The molecule has 8 heteroatoms. The lowest BCUT2D eigenvalue weighted by atomic mass is 10.1. The molecule has 2 rings (SSSR count). The predicted molar refractivity (Wildman–Crippen MR) is 113 cm³/mol. The van der Waals surface area contributed by atoms with E-state index in [1.54, 1.807) is 25.2 Å². The van der Waals surface area contributed by atoms with Gasteiger partial charge in [0.15, 0.2) is 5.96 Å². The third kappa shape index (κ3) is 7.12. The number of aliphatic imine (C=N–C) groups is 1. The normalized spacial score (nSPS) is 10.7. The molecule has 0 fully saturated rings. The molecule has 0 heterocycles. The number of hydrogen-bond donors (Lipinski definition) is 3. The highest BCUT2D eigenvalue weighted by molar-refractivity contribution is 14.0. The molecule has 2 aromatic rings. The first kappa shape index (κ1) is 22.8. The Kier molecular flexibility index (Phi) is 9.70. The number of hydrogen-bond acceptors (Lipinski definition) is 2. The monoisotopic (exact) mass is 488 g/mol. The predicted octanol–water partition coefficient (Wildman–Crippen LogP) is 3.20. The molecule has 5 nitrogen and oxygen atoms in total. The zero-order chi connectivity index (χ0) is 18.9.